The van der Waals surface area contributed by atoms with Crippen molar-refractivity contribution in [1.29, 1.82) is 0 Å². The summed E-state index contributed by atoms with van der Waals surface area (Å²) in [4.78, 5) is 5.76. The van der Waals surface area contributed by atoms with Crippen LogP contribution in [0.1, 0.15) is 0 Å². The maximum Gasteiger partial charge on any atom is 0.123 e. The molecular weight excluding hydrogens is 323 g/mol. The predicted molar refractivity (Wildman–Crippen MR) is 98.2 cm³/mol. The SMILES string of the molecule is O[C@H](CSc1ccccc1)CN1CCN(c2ccc(F)cc2)CC1. The van der Waals surface area contributed by atoms with Gasteiger partial charge in [0, 0.05) is 49.1 Å². The summed E-state index contributed by atoms with van der Waals surface area (Å²) in [5.41, 5.74) is 1.07. The van der Waals surface area contributed by atoms with Gasteiger partial charge in [0.05, 0.1) is 6.10 Å². The Balaban J connectivity index is 1.41. The third-order valence-electron chi connectivity index (χ3n) is 4.22. The molecule has 0 saturated carbocycles. The van der Waals surface area contributed by atoms with Gasteiger partial charge in [-0.25, -0.2) is 4.39 Å². The van der Waals surface area contributed by atoms with Gasteiger partial charge in [0.2, 0.25) is 0 Å². The molecule has 2 aromatic carbocycles. The minimum Gasteiger partial charge on any atom is -0.391 e. The third kappa shape index (κ3) is 4.97. The minimum atomic E-state index is -0.326. The average Bonchev–Trinajstić information content (AvgIpc) is 2.62. The Bertz CT molecular complexity index is 615. The van der Waals surface area contributed by atoms with Gasteiger partial charge in [0.15, 0.2) is 0 Å². The second-order valence-corrected chi connectivity index (χ2v) is 7.14. The second-order valence-electron chi connectivity index (χ2n) is 6.04. The highest BCUT2D eigenvalue weighted by Gasteiger charge is 2.19. The highest BCUT2D eigenvalue weighted by molar-refractivity contribution is 7.99. The zero-order valence-electron chi connectivity index (χ0n) is 13.6. The smallest absolute Gasteiger partial charge is 0.123 e. The molecule has 0 aromatic heterocycles. The van der Waals surface area contributed by atoms with E-state index in [2.05, 4.69) is 21.9 Å². The van der Waals surface area contributed by atoms with E-state index in [0.717, 1.165) is 31.9 Å². The molecule has 3 rings (SSSR count). The Kier molecular flexibility index (Phi) is 6.12. The molecule has 0 spiro atoms. The van der Waals surface area contributed by atoms with Crippen molar-refractivity contribution in [2.24, 2.45) is 0 Å². The molecule has 1 aliphatic rings. The van der Waals surface area contributed by atoms with Crippen molar-refractivity contribution in [1.82, 2.24) is 4.90 Å². The van der Waals surface area contributed by atoms with Crippen LogP contribution < -0.4 is 4.90 Å². The monoisotopic (exact) mass is 346 g/mol. The number of piperazine rings is 1. The summed E-state index contributed by atoms with van der Waals surface area (Å²) in [6.07, 6.45) is -0.326. The molecule has 128 valence electrons. The molecule has 1 heterocycles. The number of benzene rings is 2. The first-order valence-corrected chi connectivity index (χ1v) is 9.28. The van der Waals surface area contributed by atoms with Gasteiger partial charge >= 0.3 is 0 Å². The molecule has 1 N–H and O–H groups in total. The van der Waals surface area contributed by atoms with Crippen LogP contribution in [-0.4, -0.2) is 54.6 Å². The van der Waals surface area contributed by atoms with Gasteiger partial charge in [0.25, 0.3) is 0 Å². The fourth-order valence-electron chi connectivity index (χ4n) is 2.90. The van der Waals surface area contributed by atoms with Crippen LogP contribution in [0.25, 0.3) is 0 Å². The molecule has 0 aliphatic carbocycles. The standard InChI is InChI=1S/C19H23FN2OS/c20-16-6-8-17(9-7-16)22-12-10-21(11-13-22)14-18(23)15-24-19-4-2-1-3-5-19/h1-9,18,23H,10-15H2/t18-/m0/s1. The maximum absolute atomic E-state index is 13.0. The molecule has 5 heteroatoms. The molecule has 0 radical (unpaired) electrons. The van der Waals surface area contributed by atoms with Crippen molar-refractivity contribution in [3.05, 3.63) is 60.4 Å². The molecule has 2 aromatic rings. The normalized spacial score (nSPS) is 17.0. The number of nitrogens with zero attached hydrogens (tertiary/aromatic N) is 2. The lowest BCUT2D eigenvalue weighted by molar-refractivity contribution is 0.126. The van der Waals surface area contributed by atoms with Gasteiger partial charge in [-0.05, 0) is 36.4 Å². The number of halogens is 1. The molecule has 3 nitrogen and oxygen atoms in total. The number of hydrogen-bond donors (Lipinski definition) is 1. The van der Waals surface area contributed by atoms with Crippen molar-refractivity contribution >= 4 is 17.4 Å². The van der Waals surface area contributed by atoms with E-state index in [0.29, 0.717) is 12.3 Å². The summed E-state index contributed by atoms with van der Waals surface area (Å²) >= 11 is 1.69. The Labute approximate surface area is 147 Å². The first-order chi connectivity index (χ1) is 11.7. The topological polar surface area (TPSA) is 26.7 Å². The van der Waals surface area contributed by atoms with Crippen LogP contribution in [0.2, 0.25) is 0 Å². The van der Waals surface area contributed by atoms with E-state index in [1.54, 1.807) is 11.8 Å². The van der Waals surface area contributed by atoms with Crippen molar-refractivity contribution in [3.63, 3.8) is 0 Å². The van der Waals surface area contributed by atoms with Gasteiger partial charge in [-0.1, -0.05) is 18.2 Å². The van der Waals surface area contributed by atoms with Crippen LogP contribution in [0.5, 0.6) is 0 Å². The molecule has 0 unspecified atom stereocenters. The van der Waals surface area contributed by atoms with Gasteiger partial charge in [-0.15, -0.1) is 11.8 Å². The number of β-amino-alcohol motifs (C(OH)–C–C–N with tert-alkyl or cyclic N) is 1. The number of rotatable bonds is 6. The Morgan fingerprint density at radius 2 is 1.62 bits per heavy atom. The molecule has 1 saturated heterocycles. The Hall–Kier alpha value is -1.56. The third-order valence-corrected chi connectivity index (χ3v) is 5.38. The van der Waals surface area contributed by atoms with Crippen LogP contribution in [0.4, 0.5) is 10.1 Å². The van der Waals surface area contributed by atoms with Gasteiger partial charge in [0.1, 0.15) is 5.82 Å². The number of aliphatic hydroxyl groups excluding tert-OH is 1. The van der Waals surface area contributed by atoms with Crippen LogP contribution in [0.15, 0.2) is 59.5 Å². The van der Waals surface area contributed by atoms with Gasteiger partial charge in [-0.2, -0.15) is 0 Å². The van der Waals surface area contributed by atoms with Crippen molar-refractivity contribution in [2.45, 2.75) is 11.0 Å². The van der Waals surface area contributed by atoms with E-state index in [4.69, 9.17) is 0 Å². The average molecular weight is 346 g/mol. The molecule has 0 bridgehead atoms. The summed E-state index contributed by atoms with van der Waals surface area (Å²) in [5, 5.41) is 10.3. The van der Waals surface area contributed by atoms with E-state index >= 15 is 0 Å². The first kappa shape index (κ1) is 17.3. The number of thioether (sulfide) groups is 1. The molecule has 1 atom stereocenters. The maximum atomic E-state index is 13.0. The van der Waals surface area contributed by atoms with Crippen LogP contribution in [0, 0.1) is 5.82 Å². The molecule has 24 heavy (non-hydrogen) atoms. The fourth-order valence-corrected chi connectivity index (χ4v) is 3.74. The van der Waals surface area contributed by atoms with Gasteiger partial charge < -0.3 is 10.0 Å². The van der Waals surface area contributed by atoms with Gasteiger partial charge in [-0.3, -0.25) is 4.90 Å². The van der Waals surface area contributed by atoms with E-state index in [1.807, 2.05) is 30.3 Å². The number of aliphatic hydroxyl groups is 1. The minimum absolute atomic E-state index is 0.198. The number of hydrogen-bond acceptors (Lipinski definition) is 4. The lowest BCUT2D eigenvalue weighted by Crippen LogP contribution is -2.48. The molecule has 0 amide bonds. The quantitative estimate of drug-likeness (QED) is 0.813. The molecule has 1 aliphatic heterocycles. The summed E-state index contributed by atoms with van der Waals surface area (Å²) in [6.45, 7) is 4.36. The largest absolute Gasteiger partial charge is 0.391 e. The summed E-state index contributed by atoms with van der Waals surface area (Å²) in [7, 11) is 0. The number of anilines is 1. The predicted octanol–water partition coefficient (Wildman–Crippen LogP) is 3.10. The summed E-state index contributed by atoms with van der Waals surface area (Å²) in [6, 6.07) is 16.8. The lowest BCUT2D eigenvalue weighted by Gasteiger charge is -2.36. The Morgan fingerprint density at radius 3 is 2.29 bits per heavy atom. The summed E-state index contributed by atoms with van der Waals surface area (Å²) < 4.78 is 13.0. The second kappa shape index (κ2) is 8.51. The lowest BCUT2D eigenvalue weighted by atomic mass is 10.2. The van der Waals surface area contributed by atoms with Crippen molar-refractivity contribution in [2.75, 3.05) is 43.4 Å². The first-order valence-electron chi connectivity index (χ1n) is 8.29. The Morgan fingerprint density at radius 1 is 0.958 bits per heavy atom. The van der Waals surface area contributed by atoms with Crippen molar-refractivity contribution < 1.29 is 9.50 Å². The molecular formula is C19H23FN2OS. The zero-order valence-corrected chi connectivity index (χ0v) is 14.5. The molecule has 1 fully saturated rings. The zero-order chi connectivity index (χ0) is 16.8. The van der Waals surface area contributed by atoms with Crippen LogP contribution >= 0.6 is 11.8 Å². The van der Waals surface area contributed by atoms with E-state index in [1.165, 1.54) is 17.0 Å². The highest BCUT2D eigenvalue weighted by atomic mass is 32.2. The van der Waals surface area contributed by atoms with E-state index in [9.17, 15) is 9.50 Å². The van der Waals surface area contributed by atoms with Crippen LogP contribution in [0.3, 0.4) is 0 Å². The van der Waals surface area contributed by atoms with E-state index < -0.39 is 0 Å². The van der Waals surface area contributed by atoms with Crippen LogP contribution in [-0.2, 0) is 0 Å². The van der Waals surface area contributed by atoms with Crippen molar-refractivity contribution in [3.8, 4) is 0 Å². The highest BCUT2D eigenvalue weighted by Crippen LogP contribution is 2.19. The fraction of sp³-hybridized carbons (Fsp3) is 0.368. The summed E-state index contributed by atoms with van der Waals surface area (Å²) in [5.74, 6) is 0.513. The van der Waals surface area contributed by atoms with E-state index in [-0.39, 0.29) is 11.9 Å².